The van der Waals surface area contributed by atoms with Gasteiger partial charge < -0.3 is 19.9 Å². The summed E-state index contributed by atoms with van der Waals surface area (Å²) in [7, 11) is -0.234. The van der Waals surface area contributed by atoms with Crippen molar-refractivity contribution >= 4 is 42.1 Å². The molecule has 4 aliphatic carbocycles. The molecular weight excluding hydrogens is 642 g/mol. The third-order valence-corrected chi connectivity index (χ3v) is 12.2. The molecule has 1 saturated heterocycles. The van der Waals surface area contributed by atoms with E-state index in [9.17, 15) is 9.59 Å². The minimum Gasteiger partial charge on any atom is -0.400 e. The standard InChI is InChI=1S/C22H29BClNO3.C17H20ClNO/c1-6-18(25-20(26)13-7-9-15(24)10-8-13)19-16-11-14(12-17(16)19)23-27-21(2,3)22(4,5)28-23;1-3-15(16-13-8-10(2)9-14(13)16)19-17(20)11-4-6-12(18)7-5-11/h7-11,16-19H,6,12H2,1-5H3,(H,25,26);4-8,13-16H,3,9H2,1-2H3,(H,19,20)/t16-,17+,18?,19+;13-,14+,15?,16+/m00/s1. The number of allylic oxidation sites excluding steroid dienone is 4. The molecule has 6 nitrogen and oxygen atoms in total. The van der Waals surface area contributed by atoms with Crippen LogP contribution >= 0.6 is 23.2 Å². The zero-order chi connectivity index (χ0) is 34.5. The average Bonchev–Trinajstić information content (AvgIpc) is 3.69. The number of benzene rings is 2. The molecule has 0 spiro atoms. The first-order valence-corrected chi connectivity index (χ1v) is 18.3. The summed E-state index contributed by atoms with van der Waals surface area (Å²) >= 11 is 11.8. The van der Waals surface area contributed by atoms with Crippen LogP contribution in [0.25, 0.3) is 0 Å². The highest BCUT2D eigenvalue weighted by molar-refractivity contribution is 6.54. The molecule has 9 heteroatoms. The Hall–Kier alpha value is -2.58. The summed E-state index contributed by atoms with van der Waals surface area (Å²) < 4.78 is 12.4. The van der Waals surface area contributed by atoms with E-state index < -0.39 is 0 Å². The number of amides is 2. The smallest absolute Gasteiger partial charge is 0.400 e. The molecule has 2 saturated carbocycles. The van der Waals surface area contributed by atoms with Gasteiger partial charge in [-0.05, 0) is 150 Å². The van der Waals surface area contributed by atoms with Crippen LogP contribution in [0.4, 0.5) is 0 Å². The van der Waals surface area contributed by atoms with Crippen LogP contribution in [0.2, 0.25) is 10.0 Å². The number of carbonyl (C=O) groups excluding carboxylic acids is 2. The molecule has 5 aliphatic rings. The zero-order valence-electron chi connectivity index (χ0n) is 29.2. The Bertz CT molecular complexity index is 1570. The second kappa shape index (κ2) is 13.6. The molecule has 1 heterocycles. The summed E-state index contributed by atoms with van der Waals surface area (Å²) in [4.78, 5) is 24.9. The molecule has 2 aromatic rings. The van der Waals surface area contributed by atoms with Crippen molar-refractivity contribution in [3.05, 3.63) is 92.9 Å². The Morgan fingerprint density at radius 3 is 1.52 bits per heavy atom. The van der Waals surface area contributed by atoms with Crippen molar-refractivity contribution in [3.63, 3.8) is 0 Å². The summed E-state index contributed by atoms with van der Waals surface area (Å²) in [5, 5.41) is 7.72. The summed E-state index contributed by atoms with van der Waals surface area (Å²) in [6.07, 6.45) is 8.86. The van der Waals surface area contributed by atoms with E-state index >= 15 is 0 Å². The van der Waals surface area contributed by atoms with Crippen LogP contribution in [0.5, 0.6) is 0 Å². The van der Waals surface area contributed by atoms with Gasteiger partial charge in [0.2, 0.25) is 0 Å². The van der Waals surface area contributed by atoms with Crippen LogP contribution in [0, 0.1) is 35.5 Å². The third-order valence-electron chi connectivity index (χ3n) is 11.7. The highest BCUT2D eigenvalue weighted by Crippen LogP contribution is 2.60. The number of hydrogen-bond acceptors (Lipinski definition) is 4. The van der Waals surface area contributed by atoms with Gasteiger partial charge in [0, 0.05) is 33.3 Å². The summed E-state index contributed by atoms with van der Waals surface area (Å²) in [6.45, 7) is 14.8. The fraction of sp³-hybridized carbons (Fsp3) is 0.538. The lowest BCUT2D eigenvalue weighted by Gasteiger charge is -2.32. The van der Waals surface area contributed by atoms with E-state index in [0.29, 0.717) is 50.8 Å². The number of halogens is 2. The molecule has 256 valence electrons. The maximum atomic E-state index is 12.6. The first-order chi connectivity index (χ1) is 22.7. The first kappa shape index (κ1) is 35.3. The van der Waals surface area contributed by atoms with Crippen molar-refractivity contribution in [3.8, 4) is 0 Å². The fourth-order valence-electron chi connectivity index (χ4n) is 8.18. The minimum absolute atomic E-state index is 0.0131. The molecule has 2 aromatic carbocycles. The SMILES string of the molecule is CCC(NC(=O)c1ccc(Cl)cc1)[C@@H]1[C@H]2C=C(B3OC(C)(C)C(C)(C)O3)C[C@H]21.CCC(NC(=O)c1ccc(Cl)cc1)[C@@H]1[C@H]2C=C(C)C[C@H]21. The molecule has 0 radical (unpaired) electrons. The van der Waals surface area contributed by atoms with Gasteiger partial charge in [0.1, 0.15) is 0 Å². The largest absolute Gasteiger partial charge is 0.490 e. The van der Waals surface area contributed by atoms with Crippen molar-refractivity contribution in [2.75, 3.05) is 0 Å². The molecule has 2 unspecified atom stereocenters. The molecule has 0 aromatic heterocycles. The van der Waals surface area contributed by atoms with E-state index in [0.717, 1.165) is 25.2 Å². The Kier molecular flexibility index (Phi) is 10.0. The maximum Gasteiger partial charge on any atom is 0.490 e. The Morgan fingerprint density at radius 2 is 1.17 bits per heavy atom. The van der Waals surface area contributed by atoms with Crippen molar-refractivity contribution < 1.29 is 18.9 Å². The highest BCUT2D eigenvalue weighted by Gasteiger charge is 2.60. The van der Waals surface area contributed by atoms with Crippen molar-refractivity contribution in [1.29, 1.82) is 0 Å². The van der Waals surface area contributed by atoms with E-state index in [2.05, 4.69) is 71.3 Å². The third kappa shape index (κ3) is 7.17. The molecule has 2 N–H and O–H groups in total. The molecule has 7 rings (SSSR count). The Balaban J connectivity index is 0.000000177. The molecule has 2 amide bonds. The van der Waals surface area contributed by atoms with Crippen LogP contribution < -0.4 is 10.6 Å². The Morgan fingerprint density at radius 1 is 0.750 bits per heavy atom. The number of hydrogen-bond donors (Lipinski definition) is 2. The lowest BCUT2D eigenvalue weighted by Crippen LogP contribution is -2.41. The maximum absolute atomic E-state index is 12.6. The molecule has 3 fully saturated rings. The highest BCUT2D eigenvalue weighted by atomic mass is 35.5. The van der Waals surface area contributed by atoms with Gasteiger partial charge in [-0.1, -0.05) is 54.8 Å². The number of rotatable bonds is 9. The van der Waals surface area contributed by atoms with Crippen LogP contribution in [0.15, 0.2) is 71.7 Å². The van der Waals surface area contributed by atoms with Gasteiger partial charge in [-0.15, -0.1) is 0 Å². The van der Waals surface area contributed by atoms with Crippen molar-refractivity contribution in [1.82, 2.24) is 10.6 Å². The molecule has 48 heavy (non-hydrogen) atoms. The first-order valence-electron chi connectivity index (χ1n) is 17.6. The average molecular weight is 692 g/mol. The topological polar surface area (TPSA) is 76.7 Å². The van der Waals surface area contributed by atoms with E-state index in [1.54, 1.807) is 48.5 Å². The zero-order valence-corrected chi connectivity index (χ0v) is 30.7. The van der Waals surface area contributed by atoms with Gasteiger partial charge in [0.05, 0.1) is 11.2 Å². The Labute approximate surface area is 296 Å². The summed E-state index contributed by atoms with van der Waals surface area (Å²) in [5.41, 5.74) is 3.51. The second-order valence-electron chi connectivity index (χ2n) is 15.4. The van der Waals surface area contributed by atoms with Gasteiger partial charge in [-0.3, -0.25) is 9.59 Å². The van der Waals surface area contributed by atoms with Gasteiger partial charge in [-0.2, -0.15) is 0 Å². The monoisotopic (exact) mass is 690 g/mol. The lowest BCUT2D eigenvalue weighted by atomic mass is 9.75. The van der Waals surface area contributed by atoms with Crippen LogP contribution in [0.3, 0.4) is 0 Å². The second-order valence-corrected chi connectivity index (χ2v) is 16.3. The van der Waals surface area contributed by atoms with Gasteiger partial charge >= 0.3 is 7.12 Å². The fourth-order valence-corrected chi connectivity index (χ4v) is 8.43. The van der Waals surface area contributed by atoms with E-state index in [4.69, 9.17) is 32.5 Å². The molecule has 1 aliphatic heterocycles. The minimum atomic E-state index is -0.302. The van der Waals surface area contributed by atoms with Gasteiger partial charge in [0.15, 0.2) is 0 Å². The molecule has 0 bridgehead atoms. The van der Waals surface area contributed by atoms with E-state index in [-0.39, 0.29) is 42.2 Å². The predicted octanol–water partition coefficient (Wildman–Crippen LogP) is 8.73. The normalized spacial score (nSPS) is 29.7. The molecular formula is C39H49BCl2N2O4. The van der Waals surface area contributed by atoms with E-state index in [1.807, 2.05) is 0 Å². The van der Waals surface area contributed by atoms with Crippen molar-refractivity contribution in [2.24, 2.45) is 35.5 Å². The predicted molar refractivity (Wildman–Crippen MR) is 194 cm³/mol. The van der Waals surface area contributed by atoms with Crippen LogP contribution in [-0.2, 0) is 9.31 Å². The van der Waals surface area contributed by atoms with E-state index in [1.165, 1.54) is 17.5 Å². The number of fused-ring (bicyclic) bond motifs is 2. The number of carbonyl (C=O) groups is 2. The molecule has 8 atom stereocenters. The summed E-state index contributed by atoms with van der Waals surface area (Å²) in [6, 6.07) is 14.6. The van der Waals surface area contributed by atoms with Crippen molar-refractivity contribution in [2.45, 2.75) is 97.4 Å². The van der Waals surface area contributed by atoms with Gasteiger partial charge in [-0.25, -0.2) is 0 Å². The lowest BCUT2D eigenvalue weighted by molar-refractivity contribution is 0.00578. The quantitative estimate of drug-likeness (QED) is 0.204. The van der Waals surface area contributed by atoms with Gasteiger partial charge in [0.25, 0.3) is 11.8 Å². The van der Waals surface area contributed by atoms with Crippen LogP contribution in [-0.4, -0.2) is 42.2 Å². The summed E-state index contributed by atoms with van der Waals surface area (Å²) in [5.74, 6) is 3.71. The van der Waals surface area contributed by atoms with Crippen LogP contribution in [0.1, 0.15) is 94.9 Å². The number of nitrogens with one attached hydrogen (secondary N) is 2.